The van der Waals surface area contributed by atoms with Crippen molar-refractivity contribution in [1.82, 2.24) is 9.80 Å². The number of rotatable bonds is 5. The highest BCUT2D eigenvalue weighted by Crippen LogP contribution is 2.32. The zero-order valence-corrected chi connectivity index (χ0v) is 17.1. The molecule has 0 saturated carbocycles. The molecular weight excluding hydrogens is 376 g/mol. The van der Waals surface area contributed by atoms with E-state index in [2.05, 4.69) is 6.07 Å². The molecule has 28 heavy (non-hydrogen) atoms. The largest absolute Gasteiger partial charge is 0.354 e. The van der Waals surface area contributed by atoms with Crippen LogP contribution in [0.2, 0.25) is 0 Å². The second-order valence-corrected chi connectivity index (χ2v) is 8.42. The van der Waals surface area contributed by atoms with Crippen molar-refractivity contribution in [3.05, 3.63) is 41.0 Å². The fourth-order valence-electron chi connectivity index (χ4n) is 4.38. The molecule has 0 aromatic heterocycles. The Morgan fingerprint density at radius 1 is 1.18 bits per heavy atom. The number of ether oxygens (including phenoxy) is 2. The lowest BCUT2D eigenvalue weighted by molar-refractivity contribution is -0.160. The van der Waals surface area contributed by atoms with Gasteiger partial charge in [-0.2, -0.15) is 0 Å². The maximum absolute atomic E-state index is 13.3. The van der Waals surface area contributed by atoms with Crippen LogP contribution < -0.4 is 0 Å². The molecule has 1 aliphatic carbocycles. The quantitative estimate of drug-likeness (QED) is 0.707. The minimum absolute atomic E-state index is 0.00881. The highest BCUT2D eigenvalue weighted by atomic mass is 32.2. The van der Waals surface area contributed by atoms with Gasteiger partial charge in [0.2, 0.25) is 5.91 Å². The molecule has 3 aliphatic rings. The molecule has 2 heterocycles. The molecule has 0 bridgehead atoms. The molecule has 0 radical (unpaired) electrons. The minimum Gasteiger partial charge on any atom is -0.354 e. The normalized spacial score (nSPS) is 24.0. The molecule has 2 aliphatic heterocycles. The van der Waals surface area contributed by atoms with Crippen molar-refractivity contribution in [3.63, 3.8) is 0 Å². The number of benzene rings is 1. The summed E-state index contributed by atoms with van der Waals surface area (Å²) < 4.78 is 10.8. The minimum atomic E-state index is -0.448. The number of amides is 2. The van der Waals surface area contributed by atoms with Gasteiger partial charge >= 0.3 is 0 Å². The molecule has 4 rings (SSSR count). The lowest BCUT2D eigenvalue weighted by atomic mass is 10.1. The van der Waals surface area contributed by atoms with Crippen molar-refractivity contribution >= 4 is 29.7 Å². The third kappa shape index (κ3) is 3.47. The Bertz CT molecular complexity index is 792. The zero-order valence-electron chi connectivity index (χ0n) is 16.3. The van der Waals surface area contributed by atoms with Crippen molar-refractivity contribution in [1.29, 1.82) is 0 Å². The number of nitrogens with zero attached hydrogens (tertiary/aromatic N) is 2. The van der Waals surface area contributed by atoms with Crippen molar-refractivity contribution < 1.29 is 19.1 Å². The zero-order chi connectivity index (χ0) is 19.7. The molecule has 2 saturated heterocycles. The summed E-state index contributed by atoms with van der Waals surface area (Å²) in [6, 6.07) is 7.55. The Labute approximate surface area is 169 Å². The first kappa shape index (κ1) is 19.5. The van der Waals surface area contributed by atoms with Crippen LogP contribution in [0, 0.1) is 0 Å². The molecule has 0 N–H and O–H groups in total. The van der Waals surface area contributed by atoms with Crippen LogP contribution in [0.5, 0.6) is 0 Å². The smallest absolute Gasteiger partial charge is 0.250 e. The predicted molar refractivity (Wildman–Crippen MR) is 109 cm³/mol. The van der Waals surface area contributed by atoms with E-state index in [4.69, 9.17) is 9.47 Å². The van der Waals surface area contributed by atoms with Crippen molar-refractivity contribution in [2.45, 2.75) is 37.6 Å². The number of hydrogen-bond donors (Lipinski definition) is 0. The maximum atomic E-state index is 13.3. The van der Waals surface area contributed by atoms with E-state index < -0.39 is 12.3 Å². The van der Waals surface area contributed by atoms with E-state index in [1.807, 2.05) is 29.2 Å². The number of carbonyl (C=O) groups excluding carboxylic acids is 2. The maximum Gasteiger partial charge on any atom is 0.250 e. The number of carbonyl (C=O) groups is 2. The molecule has 2 atom stereocenters. The van der Waals surface area contributed by atoms with Crippen LogP contribution in [0.3, 0.4) is 0 Å². The van der Waals surface area contributed by atoms with Crippen LogP contribution in [0.1, 0.15) is 24.0 Å². The van der Waals surface area contributed by atoms with Crippen LogP contribution in [0.4, 0.5) is 0 Å². The number of likely N-dealkylation sites (tertiary alicyclic amines) is 1. The summed E-state index contributed by atoms with van der Waals surface area (Å²) in [6.45, 7) is 0.632. The van der Waals surface area contributed by atoms with E-state index in [-0.39, 0.29) is 17.9 Å². The van der Waals surface area contributed by atoms with Gasteiger partial charge in [0.25, 0.3) is 5.91 Å². The first-order valence-corrected chi connectivity index (χ1v) is 10.8. The molecule has 6 nitrogen and oxygen atoms in total. The Hall–Kier alpha value is -1.83. The van der Waals surface area contributed by atoms with E-state index in [1.54, 1.807) is 30.9 Å². The second kappa shape index (κ2) is 8.27. The third-order valence-electron chi connectivity index (χ3n) is 5.82. The second-order valence-electron chi connectivity index (χ2n) is 7.42. The molecular formula is C21H26N2O4S. The summed E-state index contributed by atoms with van der Waals surface area (Å²) >= 11 is 1.69. The lowest BCUT2D eigenvalue weighted by Gasteiger charge is -2.33. The van der Waals surface area contributed by atoms with Gasteiger partial charge < -0.3 is 19.3 Å². The van der Waals surface area contributed by atoms with Gasteiger partial charge in [-0.05, 0) is 30.0 Å². The summed E-state index contributed by atoms with van der Waals surface area (Å²) in [5.74, 6) is 1.39. The van der Waals surface area contributed by atoms with Gasteiger partial charge in [-0.1, -0.05) is 24.3 Å². The molecule has 0 unspecified atom stereocenters. The van der Waals surface area contributed by atoms with Gasteiger partial charge in [0.1, 0.15) is 6.04 Å². The van der Waals surface area contributed by atoms with E-state index in [1.165, 1.54) is 5.56 Å². The van der Waals surface area contributed by atoms with E-state index >= 15 is 0 Å². The fourth-order valence-corrected chi connectivity index (χ4v) is 5.58. The third-order valence-corrected chi connectivity index (χ3v) is 6.86. The molecule has 150 valence electrons. The van der Waals surface area contributed by atoms with E-state index in [0.29, 0.717) is 25.3 Å². The molecule has 2 fully saturated rings. The van der Waals surface area contributed by atoms with Crippen molar-refractivity contribution in [3.8, 4) is 0 Å². The number of hydrogen-bond acceptors (Lipinski definition) is 5. The predicted octanol–water partition coefficient (Wildman–Crippen LogP) is 2.14. The van der Waals surface area contributed by atoms with Gasteiger partial charge in [0, 0.05) is 38.5 Å². The Balaban J connectivity index is 1.49. The summed E-state index contributed by atoms with van der Waals surface area (Å²) in [4.78, 5) is 30.1. The Morgan fingerprint density at radius 3 is 2.71 bits per heavy atom. The first-order valence-electron chi connectivity index (χ1n) is 9.67. The van der Waals surface area contributed by atoms with Gasteiger partial charge in [0.15, 0.2) is 6.29 Å². The summed E-state index contributed by atoms with van der Waals surface area (Å²) in [6.07, 6.45) is 3.73. The summed E-state index contributed by atoms with van der Waals surface area (Å²) in [7, 11) is 3.19. The van der Waals surface area contributed by atoms with Gasteiger partial charge in [-0.25, -0.2) is 0 Å². The average Bonchev–Trinajstić information content (AvgIpc) is 3.46. The van der Waals surface area contributed by atoms with Gasteiger partial charge in [0.05, 0.1) is 11.9 Å². The van der Waals surface area contributed by atoms with E-state index in [9.17, 15) is 9.59 Å². The monoisotopic (exact) mass is 402 g/mol. The Kier molecular flexibility index (Phi) is 5.75. The van der Waals surface area contributed by atoms with E-state index in [0.717, 1.165) is 23.3 Å². The summed E-state index contributed by atoms with van der Waals surface area (Å²) in [5.41, 5.74) is 3.05. The van der Waals surface area contributed by atoms with Crippen molar-refractivity contribution in [2.75, 3.05) is 32.4 Å². The SMILES string of the molecule is COC(OC)[C@@H]1CSCN1C(=O)[C@@H]1CCCN1C(=O)C1=Cc2ccccc2C1. The topological polar surface area (TPSA) is 59.1 Å². The molecule has 1 aromatic carbocycles. The van der Waals surface area contributed by atoms with Crippen LogP contribution in [-0.2, 0) is 25.5 Å². The molecule has 1 aromatic rings. The van der Waals surface area contributed by atoms with Gasteiger partial charge in [-0.3, -0.25) is 9.59 Å². The number of fused-ring (bicyclic) bond motifs is 1. The van der Waals surface area contributed by atoms with Crippen LogP contribution >= 0.6 is 11.8 Å². The van der Waals surface area contributed by atoms with Crippen LogP contribution in [0.25, 0.3) is 6.08 Å². The Morgan fingerprint density at radius 2 is 1.96 bits per heavy atom. The fraction of sp³-hybridized carbons (Fsp3) is 0.524. The average molecular weight is 403 g/mol. The molecule has 2 amide bonds. The standard InChI is InChI=1S/C21H26N2O4S/c1-26-21(27-2)18-12-28-13-23(18)20(25)17-8-5-9-22(17)19(24)16-10-14-6-3-4-7-15(14)11-16/h3-4,6-7,10,17-18,21H,5,8-9,11-13H2,1-2H3/t17-,18-/m0/s1. The van der Waals surface area contributed by atoms with Crippen molar-refractivity contribution in [2.24, 2.45) is 0 Å². The van der Waals surface area contributed by atoms with Crippen LogP contribution in [-0.4, -0.2) is 72.4 Å². The number of methoxy groups -OCH3 is 2. The van der Waals surface area contributed by atoms with Crippen LogP contribution in [0.15, 0.2) is 29.8 Å². The van der Waals surface area contributed by atoms with Gasteiger partial charge in [-0.15, -0.1) is 11.8 Å². The molecule has 7 heteroatoms. The summed E-state index contributed by atoms with van der Waals surface area (Å²) in [5, 5.41) is 0. The lowest BCUT2D eigenvalue weighted by Crippen LogP contribution is -2.53. The highest BCUT2D eigenvalue weighted by molar-refractivity contribution is 7.99. The number of thioether (sulfide) groups is 1. The first-order chi connectivity index (χ1) is 13.6. The molecule has 0 spiro atoms. The highest BCUT2D eigenvalue weighted by Gasteiger charge is 2.43.